The zero-order chi connectivity index (χ0) is 15.5. The summed E-state index contributed by atoms with van der Waals surface area (Å²) in [6.45, 7) is 4.22. The van der Waals surface area contributed by atoms with Crippen molar-refractivity contribution in [1.29, 1.82) is 0 Å². The van der Waals surface area contributed by atoms with Gasteiger partial charge in [0.1, 0.15) is 0 Å². The largest absolute Gasteiger partial charge is 0.327 e. The van der Waals surface area contributed by atoms with Gasteiger partial charge in [-0.05, 0) is 31.7 Å². The average molecular weight is 312 g/mol. The van der Waals surface area contributed by atoms with Gasteiger partial charge in [-0.3, -0.25) is 4.79 Å². The second kappa shape index (κ2) is 6.55. The minimum Gasteiger partial charge on any atom is -0.327 e. The molecule has 1 aliphatic rings. The molecule has 1 heterocycles. The van der Waals surface area contributed by atoms with Crippen molar-refractivity contribution in [2.24, 2.45) is 0 Å². The molecule has 0 aromatic heterocycles. The van der Waals surface area contributed by atoms with Gasteiger partial charge in [0.25, 0.3) is 5.91 Å². The average Bonchev–Trinajstić information content (AvgIpc) is 2.93. The van der Waals surface area contributed by atoms with Crippen LogP contribution in [0, 0.1) is 6.92 Å². The summed E-state index contributed by atoms with van der Waals surface area (Å²) in [4.78, 5) is 13.5. The van der Waals surface area contributed by atoms with E-state index in [4.69, 9.17) is 0 Å². The summed E-state index contributed by atoms with van der Waals surface area (Å²) < 4.78 is 26.1. The molecule has 2 rings (SSSR count). The van der Waals surface area contributed by atoms with E-state index in [0.717, 1.165) is 25.9 Å². The zero-order valence-electron chi connectivity index (χ0n) is 12.4. The lowest BCUT2D eigenvalue weighted by Crippen LogP contribution is -3.11. The van der Waals surface area contributed by atoms with Gasteiger partial charge in [-0.15, -0.1) is 0 Å². The monoisotopic (exact) mass is 312 g/mol. The van der Waals surface area contributed by atoms with Crippen LogP contribution in [-0.2, 0) is 14.8 Å². The van der Waals surface area contributed by atoms with Crippen molar-refractivity contribution >= 4 is 21.6 Å². The molecule has 1 aromatic rings. The molecule has 0 radical (unpaired) electrons. The summed E-state index contributed by atoms with van der Waals surface area (Å²) in [7, 11) is -2.14. The molecule has 0 aliphatic carbocycles. The Bertz CT molecular complexity index is 622. The Labute approximate surface area is 125 Å². The number of rotatable bonds is 5. The number of anilines is 1. The van der Waals surface area contributed by atoms with Crippen LogP contribution < -0.4 is 14.9 Å². The van der Waals surface area contributed by atoms with E-state index in [2.05, 4.69) is 10.0 Å². The van der Waals surface area contributed by atoms with Crippen LogP contribution in [0.25, 0.3) is 0 Å². The molecular weight excluding hydrogens is 290 g/mol. The van der Waals surface area contributed by atoms with E-state index in [1.165, 1.54) is 18.0 Å². The van der Waals surface area contributed by atoms with Crippen LogP contribution in [0.1, 0.15) is 18.4 Å². The highest BCUT2D eigenvalue weighted by molar-refractivity contribution is 7.89. The van der Waals surface area contributed by atoms with Gasteiger partial charge in [0.2, 0.25) is 10.0 Å². The Morgan fingerprint density at radius 2 is 1.95 bits per heavy atom. The van der Waals surface area contributed by atoms with Crippen LogP contribution in [-0.4, -0.2) is 41.0 Å². The third-order valence-corrected chi connectivity index (χ3v) is 5.31. The van der Waals surface area contributed by atoms with E-state index >= 15 is 0 Å². The fourth-order valence-electron chi connectivity index (χ4n) is 2.56. The lowest BCUT2D eigenvalue weighted by atomic mass is 10.2. The van der Waals surface area contributed by atoms with Crippen LogP contribution in [0.3, 0.4) is 0 Å². The maximum Gasteiger partial charge on any atom is 0.279 e. The van der Waals surface area contributed by atoms with E-state index in [9.17, 15) is 13.2 Å². The normalized spacial score (nSPS) is 16.1. The number of carbonyl (C=O) groups is 1. The van der Waals surface area contributed by atoms with E-state index in [1.807, 2.05) is 0 Å². The minimum atomic E-state index is -3.52. The van der Waals surface area contributed by atoms with Gasteiger partial charge in [0.05, 0.1) is 18.0 Å². The Hall–Kier alpha value is -1.44. The third-order valence-electron chi connectivity index (χ3n) is 3.75. The number of amides is 1. The third kappa shape index (κ3) is 4.03. The van der Waals surface area contributed by atoms with Gasteiger partial charge in [0, 0.05) is 18.5 Å². The number of quaternary nitrogens is 1. The van der Waals surface area contributed by atoms with Crippen LogP contribution >= 0.6 is 0 Å². The number of hydrogen-bond acceptors (Lipinski definition) is 3. The van der Waals surface area contributed by atoms with Gasteiger partial charge in [-0.2, -0.15) is 0 Å². The lowest BCUT2D eigenvalue weighted by molar-refractivity contribution is -0.878. The van der Waals surface area contributed by atoms with Gasteiger partial charge in [-0.1, -0.05) is 6.07 Å². The van der Waals surface area contributed by atoms with Crippen molar-refractivity contribution in [3.8, 4) is 0 Å². The van der Waals surface area contributed by atoms with Gasteiger partial charge < -0.3 is 10.2 Å². The minimum absolute atomic E-state index is 0.0800. The van der Waals surface area contributed by atoms with Crippen molar-refractivity contribution < 1.29 is 18.1 Å². The highest BCUT2D eigenvalue weighted by atomic mass is 32.2. The molecule has 1 aliphatic heterocycles. The fourth-order valence-corrected chi connectivity index (χ4v) is 3.56. The first-order chi connectivity index (χ1) is 9.92. The molecule has 1 amide bonds. The Kier molecular flexibility index (Phi) is 4.97. The molecule has 1 saturated heterocycles. The van der Waals surface area contributed by atoms with E-state index < -0.39 is 10.0 Å². The maximum absolute atomic E-state index is 12.0. The molecule has 1 aromatic carbocycles. The lowest BCUT2D eigenvalue weighted by Gasteiger charge is -2.13. The van der Waals surface area contributed by atoms with Crippen LogP contribution in [0.5, 0.6) is 0 Å². The molecule has 0 unspecified atom stereocenters. The van der Waals surface area contributed by atoms with Crippen molar-refractivity contribution in [2.45, 2.75) is 24.7 Å². The van der Waals surface area contributed by atoms with E-state index in [0.29, 0.717) is 17.8 Å². The quantitative estimate of drug-likeness (QED) is 0.687. The van der Waals surface area contributed by atoms with Crippen molar-refractivity contribution in [2.75, 3.05) is 32.0 Å². The van der Waals surface area contributed by atoms with Crippen LogP contribution in [0.4, 0.5) is 5.69 Å². The predicted octanol–water partition coefficient (Wildman–Crippen LogP) is -0.480. The molecule has 0 spiro atoms. The number of hydrogen-bond donors (Lipinski definition) is 3. The molecular formula is C14H22N3O3S+. The number of aryl methyl sites for hydroxylation is 1. The summed E-state index contributed by atoms with van der Waals surface area (Å²) in [5.41, 5.74) is 1.16. The smallest absolute Gasteiger partial charge is 0.279 e. The first-order valence-electron chi connectivity index (χ1n) is 7.10. The molecule has 116 valence electrons. The van der Waals surface area contributed by atoms with Crippen LogP contribution in [0.2, 0.25) is 0 Å². The van der Waals surface area contributed by atoms with Crippen molar-refractivity contribution in [1.82, 2.24) is 4.72 Å². The number of nitrogens with one attached hydrogen (secondary N) is 3. The van der Waals surface area contributed by atoms with Crippen molar-refractivity contribution in [3.63, 3.8) is 0 Å². The molecule has 0 atom stereocenters. The SMILES string of the molecule is CNS(=O)(=O)c1cc(NC(=O)C[NH+]2CCCC2)ccc1C. The summed E-state index contributed by atoms with van der Waals surface area (Å²) in [5, 5.41) is 2.78. The number of benzene rings is 1. The fraction of sp³-hybridized carbons (Fsp3) is 0.500. The number of likely N-dealkylation sites (tertiary alicyclic amines) is 1. The van der Waals surface area contributed by atoms with E-state index in [1.54, 1.807) is 19.1 Å². The second-order valence-electron chi connectivity index (χ2n) is 5.37. The molecule has 7 heteroatoms. The number of carbonyl (C=O) groups excluding carboxylic acids is 1. The molecule has 6 nitrogen and oxygen atoms in total. The summed E-state index contributed by atoms with van der Waals surface area (Å²) >= 11 is 0. The Morgan fingerprint density at radius 3 is 2.57 bits per heavy atom. The molecule has 0 saturated carbocycles. The summed E-state index contributed by atoms with van der Waals surface area (Å²) in [5.74, 6) is -0.0800. The van der Waals surface area contributed by atoms with E-state index in [-0.39, 0.29) is 10.8 Å². The molecule has 0 bridgehead atoms. The molecule has 1 fully saturated rings. The molecule has 21 heavy (non-hydrogen) atoms. The topological polar surface area (TPSA) is 79.7 Å². The first-order valence-corrected chi connectivity index (χ1v) is 8.58. The van der Waals surface area contributed by atoms with Gasteiger partial charge in [-0.25, -0.2) is 13.1 Å². The highest BCUT2D eigenvalue weighted by Crippen LogP contribution is 2.19. The van der Waals surface area contributed by atoms with Crippen LogP contribution in [0.15, 0.2) is 23.1 Å². The standard InChI is InChI=1S/C14H21N3O3S/c1-11-5-6-12(9-13(11)21(19,20)15-2)16-14(18)10-17-7-3-4-8-17/h5-6,9,15H,3-4,7-8,10H2,1-2H3,(H,16,18)/p+1. The highest BCUT2D eigenvalue weighted by Gasteiger charge is 2.20. The Morgan fingerprint density at radius 1 is 1.29 bits per heavy atom. The molecule has 3 N–H and O–H groups in total. The maximum atomic E-state index is 12.0. The predicted molar refractivity (Wildman–Crippen MR) is 80.9 cm³/mol. The Balaban J connectivity index is 2.10. The first kappa shape index (κ1) is 15.9. The summed E-state index contributed by atoms with van der Waals surface area (Å²) in [6.07, 6.45) is 2.33. The number of sulfonamides is 1. The zero-order valence-corrected chi connectivity index (χ0v) is 13.2. The summed E-state index contributed by atoms with van der Waals surface area (Å²) in [6, 6.07) is 4.92. The van der Waals surface area contributed by atoms with Crippen molar-refractivity contribution in [3.05, 3.63) is 23.8 Å². The van der Waals surface area contributed by atoms with Gasteiger partial charge in [0.15, 0.2) is 6.54 Å². The van der Waals surface area contributed by atoms with Gasteiger partial charge >= 0.3 is 0 Å². The second-order valence-corrected chi connectivity index (χ2v) is 7.22.